The van der Waals surface area contributed by atoms with Gasteiger partial charge in [0.05, 0.1) is 20.5 Å². The van der Waals surface area contributed by atoms with Crippen LogP contribution in [0.2, 0.25) is 0 Å². The summed E-state index contributed by atoms with van der Waals surface area (Å²) in [7, 11) is -8.97. The highest BCUT2D eigenvalue weighted by Crippen LogP contribution is 2.33. The van der Waals surface area contributed by atoms with Crippen molar-refractivity contribution in [1.82, 2.24) is 3.71 Å². The Morgan fingerprint density at radius 1 is 0.683 bits per heavy atom. The number of rotatable bonds is 10. The van der Waals surface area contributed by atoms with Gasteiger partial charge in [-0.15, -0.1) is 23.1 Å². The first kappa shape index (κ1) is 28.8. The van der Waals surface area contributed by atoms with Gasteiger partial charge in [-0.25, -0.2) is 16.8 Å². The standard InChI is InChI=1S/C30H25N3O4S4/c31-30(32)29-19-26(20-38-29)39-21-33(40(34,35)27-15-11-24(12-16-27)22-7-3-1-4-8-22)41(36,37)28-17-13-25(14-18-28)23-9-5-2-6-10-23/h1-20H,21H2,(H3,31,32). The molecule has 0 spiro atoms. The lowest BCUT2D eigenvalue weighted by molar-refractivity contribution is 0.521. The van der Waals surface area contributed by atoms with Gasteiger partial charge in [-0.2, -0.15) is 0 Å². The third-order valence-corrected chi connectivity index (χ3v) is 12.9. The molecule has 0 saturated heterocycles. The van der Waals surface area contributed by atoms with E-state index in [0.29, 0.717) is 13.5 Å². The van der Waals surface area contributed by atoms with E-state index in [1.165, 1.54) is 35.6 Å². The highest BCUT2D eigenvalue weighted by molar-refractivity contribution is 8.06. The van der Waals surface area contributed by atoms with Gasteiger partial charge in [0, 0.05) is 10.3 Å². The number of sulfonamides is 2. The highest BCUT2D eigenvalue weighted by atomic mass is 32.3. The number of nitrogens with zero attached hydrogens (tertiary/aromatic N) is 1. The number of thioether (sulfide) groups is 1. The third-order valence-electron chi connectivity index (χ3n) is 6.23. The van der Waals surface area contributed by atoms with Gasteiger partial charge in [0.2, 0.25) is 0 Å². The topological polar surface area (TPSA) is 121 Å². The summed E-state index contributed by atoms with van der Waals surface area (Å²) in [6.07, 6.45) is 0. The summed E-state index contributed by atoms with van der Waals surface area (Å²) < 4.78 is 56.2. The number of thiophene rings is 1. The molecule has 5 rings (SSSR count). The molecule has 1 aromatic heterocycles. The Balaban J connectivity index is 1.50. The average Bonchev–Trinajstić information content (AvgIpc) is 3.48. The van der Waals surface area contributed by atoms with Gasteiger partial charge in [0.15, 0.2) is 0 Å². The molecule has 0 bridgehead atoms. The van der Waals surface area contributed by atoms with Crippen molar-refractivity contribution in [3.63, 3.8) is 0 Å². The first-order valence-electron chi connectivity index (χ1n) is 12.3. The smallest absolute Gasteiger partial charge is 0.257 e. The number of nitrogens with two attached hydrogens (primary N) is 1. The molecular weight excluding hydrogens is 595 g/mol. The molecule has 0 aliphatic rings. The maximum atomic E-state index is 13.9. The molecule has 0 amide bonds. The minimum absolute atomic E-state index is 0.115. The second-order valence-electron chi connectivity index (χ2n) is 8.90. The molecule has 0 unspecified atom stereocenters. The Kier molecular flexibility index (Phi) is 8.43. The lowest BCUT2D eigenvalue weighted by Crippen LogP contribution is -2.36. The van der Waals surface area contributed by atoms with Gasteiger partial charge >= 0.3 is 0 Å². The number of amidine groups is 1. The molecule has 0 radical (unpaired) electrons. The first-order valence-corrected chi connectivity index (χ1v) is 17.1. The van der Waals surface area contributed by atoms with Crippen LogP contribution < -0.4 is 5.73 Å². The number of hydrogen-bond acceptors (Lipinski definition) is 7. The van der Waals surface area contributed by atoms with E-state index >= 15 is 0 Å². The Labute approximate surface area is 247 Å². The van der Waals surface area contributed by atoms with Crippen LogP contribution in [0.3, 0.4) is 0 Å². The SMILES string of the molecule is N=C(N)c1cc(SCN(S(=O)(=O)c2ccc(-c3ccccc3)cc2)S(=O)(=O)c2ccc(-c3ccccc3)cc2)cs1. The normalized spacial score (nSPS) is 11.9. The molecule has 1 heterocycles. The summed E-state index contributed by atoms with van der Waals surface area (Å²) in [6, 6.07) is 32.9. The summed E-state index contributed by atoms with van der Waals surface area (Å²) in [5.74, 6) is -0.518. The summed E-state index contributed by atoms with van der Waals surface area (Å²) in [4.78, 5) is 0.834. The molecule has 4 aromatic carbocycles. The second kappa shape index (κ2) is 12.0. The van der Waals surface area contributed by atoms with Crippen molar-refractivity contribution >= 4 is 49.0 Å². The third kappa shape index (κ3) is 6.29. The van der Waals surface area contributed by atoms with Gasteiger partial charge in [-0.1, -0.05) is 88.6 Å². The van der Waals surface area contributed by atoms with E-state index in [-0.39, 0.29) is 15.6 Å². The van der Waals surface area contributed by atoms with E-state index in [1.807, 2.05) is 60.7 Å². The minimum Gasteiger partial charge on any atom is -0.383 e. The number of nitrogens with one attached hydrogen (secondary N) is 1. The van der Waals surface area contributed by atoms with Crippen molar-refractivity contribution in [1.29, 1.82) is 5.41 Å². The van der Waals surface area contributed by atoms with Crippen molar-refractivity contribution in [3.8, 4) is 22.3 Å². The number of hydrogen-bond donors (Lipinski definition) is 2. The van der Waals surface area contributed by atoms with E-state index in [2.05, 4.69) is 0 Å². The van der Waals surface area contributed by atoms with Gasteiger partial charge in [0.25, 0.3) is 20.0 Å². The van der Waals surface area contributed by atoms with Crippen LogP contribution in [0.1, 0.15) is 4.88 Å². The van der Waals surface area contributed by atoms with Crippen LogP contribution in [-0.4, -0.2) is 32.3 Å². The fourth-order valence-corrected chi connectivity index (χ4v) is 10.1. The average molecular weight is 620 g/mol. The molecular formula is C30H25N3O4S4. The molecule has 208 valence electrons. The summed E-state index contributed by atoms with van der Waals surface area (Å²) in [6.45, 7) is 0. The largest absolute Gasteiger partial charge is 0.383 e. The van der Waals surface area contributed by atoms with Crippen molar-refractivity contribution in [2.75, 3.05) is 5.88 Å². The summed E-state index contributed by atoms with van der Waals surface area (Å²) >= 11 is 2.26. The highest BCUT2D eigenvalue weighted by Gasteiger charge is 2.37. The Morgan fingerprint density at radius 3 is 1.49 bits per heavy atom. The molecule has 3 N–H and O–H groups in total. The zero-order chi connectivity index (χ0) is 29.0. The van der Waals surface area contributed by atoms with E-state index in [4.69, 9.17) is 11.1 Å². The quantitative estimate of drug-likeness (QED) is 0.0797. The van der Waals surface area contributed by atoms with Crippen LogP contribution in [0, 0.1) is 5.41 Å². The van der Waals surface area contributed by atoms with Crippen LogP contribution >= 0.6 is 23.1 Å². The molecule has 41 heavy (non-hydrogen) atoms. The summed E-state index contributed by atoms with van der Waals surface area (Å²) in [5, 5.41) is 9.33. The van der Waals surface area contributed by atoms with E-state index < -0.39 is 25.9 Å². The fourth-order valence-electron chi connectivity index (χ4n) is 4.07. The predicted octanol–water partition coefficient (Wildman–Crippen LogP) is 6.50. The first-order chi connectivity index (χ1) is 19.7. The number of benzene rings is 4. The molecule has 0 aliphatic carbocycles. The summed E-state index contributed by atoms with van der Waals surface area (Å²) in [5.41, 5.74) is 9.00. The van der Waals surface area contributed by atoms with Crippen LogP contribution in [0.15, 0.2) is 135 Å². The fraction of sp³-hybridized carbons (Fsp3) is 0.0333. The van der Waals surface area contributed by atoms with E-state index in [0.717, 1.165) is 34.0 Å². The molecule has 0 atom stereocenters. The van der Waals surface area contributed by atoms with Gasteiger partial charge < -0.3 is 5.73 Å². The van der Waals surface area contributed by atoms with E-state index in [1.54, 1.807) is 35.7 Å². The number of nitrogen functional groups attached to an aromatic ring is 1. The Morgan fingerprint density at radius 2 is 1.10 bits per heavy atom. The van der Waals surface area contributed by atoms with Crippen LogP contribution in [0.4, 0.5) is 0 Å². The predicted molar refractivity (Wildman–Crippen MR) is 166 cm³/mol. The Bertz CT molecular complexity index is 1760. The lowest BCUT2D eigenvalue weighted by atomic mass is 10.1. The van der Waals surface area contributed by atoms with Gasteiger partial charge in [-0.05, 0) is 52.6 Å². The molecule has 7 nitrogen and oxygen atoms in total. The molecule has 11 heteroatoms. The molecule has 0 saturated carbocycles. The second-order valence-corrected chi connectivity index (χ2v) is 14.8. The van der Waals surface area contributed by atoms with Crippen molar-refractivity contribution < 1.29 is 16.8 Å². The monoisotopic (exact) mass is 619 g/mol. The van der Waals surface area contributed by atoms with Crippen molar-refractivity contribution in [3.05, 3.63) is 126 Å². The van der Waals surface area contributed by atoms with E-state index in [9.17, 15) is 16.8 Å². The van der Waals surface area contributed by atoms with Gasteiger partial charge in [0.1, 0.15) is 5.84 Å². The van der Waals surface area contributed by atoms with Crippen molar-refractivity contribution in [2.24, 2.45) is 5.73 Å². The van der Waals surface area contributed by atoms with Gasteiger partial charge in [-0.3, -0.25) is 5.41 Å². The maximum absolute atomic E-state index is 13.9. The molecule has 5 aromatic rings. The lowest BCUT2D eigenvalue weighted by Gasteiger charge is -2.22. The van der Waals surface area contributed by atoms with Crippen molar-refractivity contribution in [2.45, 2.75) is 14.7 Å². The van der Waals surface area contributed by atoms with Crippen LogP contribution in [0.25, 0.3) is 22.3 Å². The molecule has 0 aliphatic heterocycles. The van der Waals surface area contributed by atoms with Crippen LogP contribution in [-0.2, 0) is 20.0 Å². The Hall–Kier alpha value is -3.74. The molecule has 0 fully saturated rings. The zero-order valence-electron chi connectivity index (χ0n) is 21.5. The van der Waals surface area contributed by atoms with Crippen LogP contribution in [0.5, 0.6) is 0 Å². The zero-order valence-corrected chi connectivity index (χ0v) is 24.8. The minimum atomic E-state index is -4.49. The maximum Gasteiger partial charge on any atom is 0.257 e.